The molecule has 3 heterocycles. The molecule has 23 heavy (non-hydrogen) atoms. The van der Waals surface area contributed by atoms with Crippen LogP contribution in [0.3, 0.4) is 0 Å². The second-order valence-electron chi connectivity index (χ2n) is 5.97. The lowest BCUT2D eigenvalue weighted by Crippen LogP contribution is -2.15. The van der Waals surface area contributed by atoms with E-state index in [2.05, 4.69) is 29.3 Å². The Labute approximate surface area is 138 Å². The van der Waals surface area contributed by atoms with Gasteiger partial charge in [0.2, 0.25) is 0 Å². The number of rotatable bonds is 2. The van der Waals surface area contributed by atoms with Crippen LogP contribution >= 0.6 is 0 Å². The molecule has 1 fully saturated rings. The number of methoxy groups -OCH3 is 1. The Morgan fingerprint density at radius 1 is 1.17 bits per heavy atom. The Kier molecular flexibility index (Phi) is 4.67. The first kappa shape index (κ1) is 16.0. The molecular weight excluding hydrogens is 286 g/mol. The lowest BCUT2D eigenvalue weighted by atomic mass is 9.96. The van der Waals surface area contributed by atoms with E-state index >= 15 is 0 Å². The first-order valence-electron chi connectivity index (χ1n) is 8.55. The molecular formula is C20H25NO2. The minimum absolute atomic E-state index is 0.312. The summed E-state index contributed by atoms with van der Waals surface area (Å²) in [5, 5.41) is 1.08. The number of nitrogens with zero attached hydrogens (tertiary/aromatic N) is 1. The molecule has 1 saturated heterocycles. The average molecular weight is 311 g/mol. The third-order valence-electron chi connectivity index (χ3n) is 4.46. The normalized spacial score (nSPS) is 22.3. The van der Waals surface area contributed by atoms with E-state index < -0.39 is 0 Å². The van der Waals surface area contributed by atoms with Crippen molar-refractivity contribution in [2.24, 2.45) is 0 Å². The first-order valence-corrected chi connectivity index (χ1v) is 8.55. The largest absolute Gasteiger partial charge is 0.496 e. The Balaban J connectivity index is 0.000000753. The molecule has 2 unspecified atom stereocenters. The molecule has 0 N–H and O–H groups in total. The van der Waals surface area contributed by atoms with E-state index in [0.29, 0.717) is 12.2 Å². The van der Waals surface area contributed by atoms with Crippen molar-refractivity contribution in [3.63, 3.8) is 0 Å². The summed E-state index contributed by atoms with van der Waals surface area (Å²) < 4.78 is 11.4. The minimum Gasteiger partial charge on any atom is -0.496 e. The van der Waals surface area contributed by atoms with E-state index in [1.807, 2.05) is 26.8 Å². The zero-order valence-electron chi connectivity index (χ0n) is 14.4. The van der Waals surface area contributed by atoms with Crippen molar-refractivity contribution >= 4 is 16.5 Å². The van der Waals surface area contributed by atoms with Gasteiger partial charge in [-0.25, -0.2) is 0 Å². The summed E-state index contributed by atoms with van der Waals surface area (Å²) >= 11 is 0. The van der Waals surface area contributed by atoms with Gasteiger partial charge in [0.25, 0.3) is 0 Å². The van der Waals surface area contributed by atoms with E-state index in [1.165, 1.54) is 17.6 Å². The number of hydrogen-bond donors (Lipinski definition) is 0. The third kappa shape index (κ3) is 3.11. The Bertz CT molecular complexity index is 736. The van der Waals surface area contributed by atoms with Gasteiger partial charge in [-0.2, -0.15) is 0 Å². The fourth-order valence-electron chi connectivity index (χ4n) is 3.45. The van der Waals surface area contributed by atoms with E-state index in [-0.39, 0.29) is 0 Å². The predicted molar refractivity (Wildman–Crippen MR) is 94.9 cm³/mol. The molecule has 4 rings (SSSR count). The first-order chi connectivity index (χ1) is 11.2. The average Bonchev–Trinajstić information content (AvgIpc) is 2.93. The molecule has 2 bridgehead atoms. The quantitative estimate of drug-likeness (QED) is 0.789. The van der Waals surface area contributed by atoms with Crippen LogP contribution in [0.4, 0.5) is 0 Å². The standard InChI is InChI=1S/C18H19NO2.C2H6/c1-11-7-18(20-2)16-10-12(3-6-17(16)19-11)13-8-14-4-5-15(9-13)21-14;1-2/h3,6-8,10,14-15H,4-5,9H2,1-2H3;1-2H3. The van der Waals surface area contributed by atoms with E-state index in [1.54, 1.807) is 7.11 Å². The van der Waals surface area contributed by atoms with Gasteiger partial charge < -0.3 is 9.47 Å². The number of hydrogen-bond acceptors (Lipinski definition) is 3. The fraction of sp³-hybridized carbons (Fsp3) is 0.450. The van der Waals surface area contributed by atoms with E-state index in [9.17, 15) is 0 Å². The molecule has 2 aromatic rings. The van der Waals surface area contributed by atoms with Crippen molar-refractivity contribution in [1.29, 1.82) is 0 Å². The van der Waals surface area contributed by atoms with Crippen LogP contribution < -0.4 is 4.74 Å². The molecule has 122 valence electrons. The highest BCUT2D eigenvalue weighted by Crippen LogP contribution is 2.37. The van der Waals surface area contributed by atoms with Crippen LogP contribution in [0.25, 0.3) is 16.5 Å². The number of fused-ring (bicyclic) bond motifs is 3. The summed E-state index contributed by atoms with van der Waals surface area (Å²) in [6, 6.07) is 8.47. The maximum absolute atomic E-state index is 5.88. The maximum atomic E-state index is 5.88. The van der Waals surface area contributed by atoms with E-state index in [0.717, 1.165) is 35.2 Å². The van der Waals surface area contributed by atoms with Crippen LogP contribution in [0.15, 0.2) is 30.3 Å². The molecule has 0 radical (unpaired) electrons. The smallest absolute Gasteiger partial charge is 0.130 e. The highest BCUT2D eigenvalue weighted by atomic mass is 16.5. The van der Waals surface area contributed by atoms with Gasteiger partial charge in [0.15, 0.2) is 0 Å². The van der Waals surface area contributed by atoms with Gasteiger partial charge in [0.1, 0.15) is 5.75 Å². The van der Waals surface area contributed by atoms with Crippen molar-refractivity contribution in [2.75, 3.05) is 7.11 Å². The van der Waals surface area contributed by atoms with Gasteiger partial charge in [-0.15, -0.1) is 0 Å². The van der Waals surface area contributed by atoms with Gasteiger partial charge in [0, 0.05) is 17.1 Å². The summed E-state index contributed by atoms with van der Waals surface area (Å²) in [4.78, 5) is 4.59. The predicted octanol–water partition coefficient (Wildman–Crippen LogP) is 4.91. The van der Waals surface area contributed by atoms with Crippen molar-refractivity contribution in [3.8, 4) is 5.75 Å². The van der Waals surface area contributed by atoms with Crippen LogP contribution in [0.5, 0.6) is 5.75 Å². The molecule has 1 aromatic heterocycles. The maximum Gasteiger partial charge on any atom is 0.130 e. The molecule has 1 aromatic carbocycles. The molecule has 3 nitrogen and oxygen atoms in total. The van der Waals surface area contributed by atoms with Crippen molar-refractivity contribution < 1.29 is 9.47 Å². The molecule has 3 heteroatoms. The minimum atomic E-state index is 0.312. The molecule has 0 amide bonds. The Morgan fingerprint density at radius 3 is 2.74 bits per heavy atom. The summed E-state index contributed by atoms with van der Waals surface area (Å²) in [6.07, 6.45) is 6.37. The fourth-order valence-corrected chi connectivity index (χ4v) is 3.45. The summed E-state index contributed by atoms with van der Waals surface area (Å²) in [7, 11) is 1.72. The van der Waals surface area contributed by atoms with Gasteiger partial charge >= 0.3 is 0 Å². The molecule has 2 atom stereocenters. The molecule has 2 aliphatic rings. The SMILES string of the molecule is CC.COc1cc(C)nc2ccc(C3=CC4CCC(C3)O4)cc12. The van der Waals surface area contributed by atoms with Crippen molar-refractivity contribution in [2.45, 2.75) is 52.2 Å². The Hall–Kier alpha value is -1.87. The van der Waals surface area contributed by atoms with Gasteiger partial charge in [-0.3, -0.25) is 4.98 Å². The van der Waals surface area contributed by atoms with Crippen LogP contribution in [0.2, 0.25) is 0 Å². The number of aryl methyl sites for hydroxylation is 1. The number of benzene rings is 1. The zero-order chi connectivity index (χ0) is 16.4. The van der Waals surface area contributed by atoms with Crippen LogP contribution in [-0.4, -0.2) is 24.3 Å². The number of aromatic nitrogens is 1. The third-order valence-corrected chi connectivity index (χ3v) is 4.46. The Morgan fingerprint density at radius 2 is 2.00 bits per heavy atom. The van der Waals surface area contributed by atoms with Crippen LogP contribution in [0.1, 0.15) is 44.4 Å². The molecule has 0 spiro atoms. The monoisotopic (exact) mass is 311 g/mol. The highest BCUT2D eigenvalue weighted by molar-refractivity contribution is 5.89. The zero-order valence-corrected chi connectivity index (χ0v) is 14.4. The number of ether oxygens (including phenoxy) is 2. The van der Waals surface area contributed by atoms with Gasteiger partial charge in [0.05, 0.1) is 24.8 Å². The van der Waals surface area contributed by atoms with Crippen LogP contribution in [-0.2, 0) is 4.74 Å². The van der Waals surface area contributed by atoms with Gasteiger partial charge in [-0.1, -0.05) is 26.0 Å². The van der Waals surface area contributed by atoms with Crippen molar-refractivity contribution in [3.05, 3.63) is 41.6 Å². The summed E-state index contributed by atoms with van der Waals surface area (Å²) in [5.74, 6) is 0.898. The van der Waals surface area contributed by atoms with Crippen molar-refractivity contribution in [1.82, 2.24) is 4.98 Å². The molecule has 0 saturated carbocycles. The lowest BCUT2D eigenvalue weighted by molar-refractivity contribution is 0.0671. The lowest BCUT2D eigenvalue weighted by Gasteiger charge is -2.21. The summed E-state index contributed by atoms with van der Waals surface area (Å²) in [6.45, 7) is 5.99. The summed E-state index contributed by atoms with van der Waals surface area (Å²) in [5.41, 5.74) is 4.64. The van der Waals surface area contributed by atoms with E-state index in [4.69, 9.17) is 9.47 Å². The topological polar surface area (TPSA) is 31.4 Å². The second-order valence-corrected chi connectivity index (χ2v) is 5.97. The van der Waals surface area contributed by atoms with Gasteiger partial charge in [-0.05, 0) is 49.5 Å². The molecule has 2 aliphatic heterocycles. The molecule has 0 aliphatic carbocycles. The van der Waals surface area contributed by atoms with Crippen LogP contribution in [0, 0.1) is 6.92 Å². The second kappa shape index (κ2) is 6.71. The highest BCUT2D eigenvalue weighted by Gasteiger charge is 2.29. The number of pyridine rings is 1.